The fraction of sp³-hybridized carbons (Fsp3) is 0.148. The van der Waals surface area contributed by atoms with E-state index in [4.69, 9.17) is 25.8 Å². The number of benzene rings is 3. The van der Waals surface area contributed by atoms with Crippen molar-refractivity contribution in [1.82, 2.24) is 4.90 Å². The van der Waals surface area contributed by atoms with Crippen molar-refractivity contribution >= 4 is 52.2 Å². The topological polar surface area (TPSA) is 94.2 Å². The highest BCUT2D eigenvalue weighted by atomic mass is 35.5. The molecule has 3 aromatic rings. The lowest BCUT2D eigenvalue weighted by Gasteiger charge is -2.14. The fourth-order valence-electron chi connectivity index (χ4n) is 3.60. The Morgan fingerprint density at radius 1 is 1.03 bits per heavy atom. The van der Waals surface area contributed by atoms with Gasteiger partial charge in [0.1, 0.15) is 11.6 Å². The summed E-state index contributed by atoms with van der Waals surface area (Å²) in [5, 5.41) is 2.31. The number of ether oxygens (including phenoxy) is 3. The van der Waals surface area contributed by atoms with E-state index in [9.17, 15) is 18.8 Å². The van der Waals surface area contributed by atoms with E-state index in [0.29, 0.717) is 28.5 Å². The average molecular weight is 557 g/mol. The highest BCUT2D eigenvalue weighted by Gasteiger charge is 2.36. The van der Waals surface area contributed by atoms with Crippen LogP contribution in [0, 0.1) is 5.82 Å². The Morgan fingerprint density at radius 3 is 2.53 bits per heavy atom. The van der Waals surface area contributed by atoms with E-state index in [0.717, 1.165) is 16.7 Å². The Balaban J connectivity index is 1.44. The van der Waals surface area contributed by atoms with Gasteiger partial charge in [0.05, 0.1) is 31.4 Å². The normalized spacial score (nSPS) is 14.1. The minimum Gasteiger partial charge on any atom is -0.495 e. The molecule has 196 valence electrons. The average Bonchev–Trinajstić information content (AvgIpc) is 3.17. The molecule has 1 aliphatic heterocycles. The predicted octanol–water partition coefficient (Wildman–Crippen LogP) is 5.75. The fourth-order valence-corrected chi connectivity index (χ4v) is 4.66. The molecule has 3 aromatic carbocycles. The summed E-state index contributed by atoms with van der Waals surface area (Å²) >= 11 is 6.79. The van der Waals surface area contributed by atoms with Gasteiger partial charge in [-0.3, -0.25) is 19.3 Å². The number of thioether (sulfide) groups is 1. The van der Waals surface area contributed by atoms with E-state index in [-0.39, 0.29) is 28.6 Å². The van der Waals surface area contributed by atoms with E-state index in [1.807, 2.05) is 0 Å². The zero-order valence-corrected chi connectivity index (χ0v) is 21.9. The maximum Gasteiger partial charge on any atom is 0.293 e. The molecule has 0 atom stereocenters. The zero-order chi connectivity index (χ0) is 27.2. The van der Waals surface area contributed by atoms with Crippen LogP contribution in [0.25, 0.3) is 6.08 Å². The van der Waals surface area contributed by atoms with Gasteiger partial charge in [-0.1, -0.05) is 35.9 Å². The third-order valence-corrected chi connectivity index (χ3v) is 6.74. The maximum atomic E-state index is 14.2. The Labute approximate surface area is 227 Å². The molecule has 0 aromatic heterocycles. The monoisotopic (exact) mass is 556 g/mol. The van der Waals surface area contributed by atoms with Crippen molar-refractivity contribution in [2.45, 2.75) is 6.54 Å². The first kappa shape index (κ1) is 27.0. The molecule has 0 aliphatic carbocycles. The van der Waals surface area contributed by atoms with E-state index in [1.165, 1.54) is 38.5 Å². The molecular weight excluding hydrogens is 535 g/mol. The highest BCUT2D eigenvalue weighted by Crippen LogP contribution is 2.36. The van der Waals surface area contributed by atoms with Gasteiger partial charge in [-0.15, -0.1) is 0 Å². The van der Waals surface area contributed by atoms with Gasteiger partial charge in [-0.05, 0) is 59.8 Å². The number of imide groups is 1. The molecular formula is C27H22ClFN2O6S. The van der Waals surface area contributed by atoms with Crippen LogP contribution < -0.4 is 19.5 Å². The highest BCUT2D eigenvalue weighted by molar-refractivity contribution is 8.18. The molecule has 1 fully saturated rings. The third kappa shape index (κ3) is 6.09. The SMILES string of the molecule is COc1ccccc1NC(=O)COc1ccc(/C=C2\SC(=O)N(Cc3c(F)cccc3Cl)C2=O)cc1OC. The number of nitrogens with zero attached hydrogens (tertiary/aromatic N) is 1. The summed E-state index contributed by atoms with van der Waals surface area (Å²) in [6, 6.07) is 16.0. The second kappa shape index (κ2) is 12.0. The van der Waals surface area contributed by atoms with Crippen LogP contribution in [0.2, 0.25) is 5.02 Å². The molecule has 0 unspecified atom stereocenters. The molecule has 0 saturated carbocycles. The first-order valence-corrected chi connectivity index (χ1v) is 12.4. The van der Waals surface area contributed by atoms with Gasteiger partial charge < -0.3 is 19.5 Å². The van der Waals surface area contributed by atoms with Crippen LogP contribution in [0.15, 0.2) is 65.6 Å². The predicted molar refractivity (Wildman–Crippen MR) is 143 cm³/mol. The number of methoxy groups -OCH3 is 2. The van der Waals surface area contributed by atoms with Gasteiger partial charge >= 0.3 is 0 Å². The number of para-hydroxylation sites is 2. The van der Waals surface area contributed by atoms with Crippen LogP contribution in [0.4, 0.5) is 14.9 Å². The van der Waals surface area contributed by atoms with Crippen LogP contribution in [0.3, 0.4) is 0 Å². The molecule has 1 saturated heterocycles. The summed E-state index contributed by atoms with van der Waals surface area (Å²) in [5.74, 6) is -0.416. The lowest BCUT2D eigenvalue weighted by atomic mass is 10.1. The molecule has 8 nitrogen and oxygen atoms in total. The molecule has 1 heterocycles. The Morgan fingerprint density at radius 2 is 1.79 bits per heavy atom. The van der Waals surface area contributed by atoms with Crippen LogP contribution in [-0.4, -0.2) is 42.8 Å². The van der Waals surface area contributed by atoms with Gasteiger partial charge in [0.15, 0.2) is 18.1 Å². The van der Waals surface area contributed by atoms with Crippen molar-refractivity contribution in [3.05, 3.63) is 87.5 Å². The number of rotatable bonds is 9. The van der Waals surface area contributed by atoms with E-state index >= 15 is 0 Å². The Kier molecular flexibility index (Phi) is 8.55. The van der Waals surface area contributed by atoms with Gasteiger partial charge in [-0.25, -0.2) is 4.39 Å². The van der Waals surface area contributed by atoms with E-state index < -0.39 is 22.9 Å². The van der Waals surface area contributed by atoms with Crippen molar-refractivity contribution < 1.29 is 33.0 Å². The van der Waals surface area contributed by atoms with Gasteiger partial charge in [0.2, 0.25) is 0 Å². The molecule has 0 spiro atoms. The van der Waals surface area contributed by atoms with Crippen molar-refractivity contribution in [1.29, 1.82) is 0 Å². The molecule has 1 aliphatic rings. The van der Waals surface area contributed by atoms with Crippen LogP contribution in [-0.2, 0) is 16.1 Å². The summed E-state index contributed by atoms with van der Waals surface area (Å²) in [7, 11) is 2.94. The molecule has 3 amide bonds. The van der Waals surface area contributed by atoms with Gasteiger partial charge in [0, 0.05) is 10.6 Å². The second-order valence-electron chi connectivity index (χ2n) is 7.92. The number of halogens is 2. The van der Waals surface area contributed by atoms with E-state index in [2.05, 4.69) is 5.32 Å². The van der Waals surface area contributed by atoms with Crippen molar-refractivity contribution in [2.75, 3.05) is 26.1 Å². The maximum absolute atomic E-state index is 14.2. The van der Waals surface area contributed by atoms with E-state index in [1.54, 1.807) is 42.5 Å². The standard InChI is InChI=1S/C27H22ClFN2O6S/c1-35-21-9-4-3-8-20(21)30-25(32)15-37-22-11-10-16(12-23(22)36-2)13-24-26(33)31(27(34)38-24)14-17-18(28)6-5-7-19(17)29/h3-13H,14-15H2,1-2H3,(H,30,32)/b24-13-. The molecule has 11 heteroatoms. The lowest BCUT2D eigenvalue weighted by molar-refractivity contribution is -0.123. The number of nitrogens with one attached hydrogen (secondary N) is 1. The summed E-state index contributed by atoms with van der Waals surface area (Å²) in [6.45, 7) is -0.564. The molecule has 38 heavy (non-hydrogen) atoms. The molecule has 1 N–H and O–H groups in total. The Hall–Kier alpha value is -4.02. The number of amides is 3. The van der Waals surface area contributed by atoms with Crippen molar-refractivity contribution in [3.8, 4) is 17.2 Å². The second-order valence-corrected chi connectivity index (χ2v) is 9.32. The first-order valence-electron chi connectivity index (χ1n) is 11.2. The lowest BCUT2D eigenvalue weighted by Crippen LogP contribution is -2.28. The third-order valence-electron chi connectivity index (χ3n) is 5.48. The summed E-state index contributed by atoms with van der Waals surface area (Å²) in [6.07, 6.45) is 1.52. The summed E-state index contributed by atoms with van der Waals surface area (Å²) in [4.78, 5) is 38.8. The van der Waals surface area contributed by atoms with Crippen LogP contribution in [0.5, 0.6) is 17.2 Å². The van der Waals surface area contributed by atoms with Crippen LogP contribution in [0.1, 0.15) is 11.1 Å². The number of carbonyl (C=O) groups excluding carboxylic acids is 3. The first-order chi connectivity index (χ1) is 18.3. The number of hydrogen-bond donors (Lipinski definition) is 1. The summed E-state index contributed by atoms with van der Waals surface area (Å²) < 4.78 is 30.4. The number of hydrogen-bond acceptors (Lipinski definition) is 7. The summed E-state index contributed by atoms with van der Waals surface area (Å²) in [5.41, 5.74) is 1.13. The smallest absolute Gasteiger partial charge is 0.293 e. The molecule has 0 bridgehead atoms. The van der Waals surface area contributed by atoms with Gasteiger partial charge in [-0.2, -0.15) is 0 Å². The molecule has 0 radical (unpaired) electrons. The zero-order valence-electron chi connectivity index (χ0n) is 20.3. The minimum atomic E-state index is -0.600. The van der Waals surface area contributed by atoms with Crippen molar-refractivity contribution in [3.63, 3.8) is 0 Å². The quantitative estimate of drug-likeness (QED) is 0.335. The molecule has 4 rings (SSSR count). The van der Waals surface area contributed by atoms with Crippen LogP contribution >= 0.6 is 23.4 Å². The van der Waals surface area contributed by atoms with Gasteiger partial charge in [0.25, 0.3) is 17.1 Å². The van der Waals surface area contributed by atoms with Crippen molar-refractivity contribution in [2.24, 2.45) is 0 Å². The number of anilines is 1. The number of carbonyl (C=O) groups is 3. The Bertz CT molecular complexity index is 1410. The largest absolute Gasteiger partial charge is 0.495 e. The minimum absolute atomic E-state index is 0.0654.